The Morgan fingerprint density at radius 3 is 2.39 bits per heavy atom. The van der Waals surface area contributed by atoms with E-state index in [4.69, 9.17) is 34.2 Å². The van der Waals surface area contributed by atoms with Crippen molar-refractivity contribution in [2.24, 2.45) is 10.7 Å². The Morgan fingerprint density at radius 1 is 1.02 bits per heavy atom. The van der Waals surface area contributed by atoms with E-state index in [0.29, 0.717) is 36.3 Å². The van der Waals surface area contributed by atoms with Crippen LogP contribution in [-0.2, 0) is 14.2 Å². The van der Waals surface area contributed by atoms with Crippen molar-refractivity contribution < 1.29 is 42.4 Å². The van der Waals surface area contributed by atoms with Crippen LogP contribution < -0.4 is 25.3 Å². The molecule has 2 aromatic heterocycles. The number of benzene rings is 2. The quantitative estimate of drug-likeness (QED) is 0.0583. The van der Waals surface area contributed by atoms with Gasteiger partial charge in [0.15, 0.2) is 17.4 Å². The van der Waals surface area contributed by atoms with E-state index in [1.165, 1.54) is 36.3 Å². The van der Waals surface area contributed by atoms with Gasteiger partial charge in [0.25, 0.3) is 5.95 Å². The van der Waals surface area contributed by atoms with Gasteiger partial charge in [0.2, 0.25) is 6.79 Å². The summed E-state index contributed by atoms with van der Waals surface area (Å²) in [7, 11) is 1.44. The molecule has 0 bridgehead atoms. The second-order valence-corrected chi connectivity index (χ2v) is 10.7. The number of rotatable bonds is 17. The molecule has 1 amide bonds. The maximum Gasteiger partial charge on any atom is 0.511 e. The van der Waals surface area contributed by atoms with Gasteiger partial charge in [0, 0.05) is 35.3 Å². The zero-order valence-electron chi connectivity index (χ0n) is 29.0. The number of anilines is 1. The molecule has 3 N–H and O–H groups in total. The van der Waals surface area contributed by atoms with E-state index < -0.39 is 30.9 Å². The van der Waals surface area contributed by atoms with Crippen LogP contribution in [0.5, 0.6) is 17.5 Å². The van der Waals surface area contributed by atoms with Crippen LogP contribution in [0.15, 0.2) is 59.9 Å². The van der Waals surface area contributed by atoms with Crippen molar-refractivity contribution in [1.82, 2.24) is 24.7 Å². The minimum atomic E-state index is -1.10. The highest BCUT2D eigenvalue weighted by Gasteiger charge is 2.29. The highest BCUT2D eigenvalue weighted by Crippen LogP contribution is 2.36. The van der Waals surface area contributed by atoms with E-state index in [-0.39, 0.29) is 54.2 Å². The van der Waals surface area contributed by atoms with E-state index in [2.05, 4.69) is 30.4 Å². The highest BCUT2D eigenvalue weighted by atomic mass is 19.1. The topological polar surface area (TPSA) is 196 Å². The lowest BCUT2D eigenvalue weighted by Crippen LogP contribution is -2.20. The third-order valence-corrected chi connectivity index (χ3v) is 7.15. The Bertz CT molecular complexity index is 1770. The van der Waals surface area contributed by atoms with Gasteiger partial charge in [0.05, 0.1) is 20.3 Å². The molecule has 0 unspecified atom stereocenters. The summed E-state index contributed by atoms with van der Waals surface area (Å²) in [6.45, 7) is 7.19. The summed E-state index contributed by atoms with van der Waals surface area (Å²) in [6, 6.07) is 9.79. The average Bonchev–Trinajstić information content (AvgIpc) is 3.57. The number of amides is 1. The molecule has 17 heteroatoms. The third-order valence-electron chi connectivity index (χ3n) is 7.15. The molecule has 0 saturated carbocycles. The molecule has 0 spiro atoms. The fraction of sp³-hybridized carbons (Fsp3) is 0.382. The van der Waals surface area contributed by atoms with Crippen molar-refractivity contribution in [3.05, 3.63) is 77.6 Å². The number of amidine groups is 1. The van der Waals surface area contributed by atoms with Crippen molar-refractivity contribution >= 4 is 23.8 Å². The van der Waals surface area contributed by atoms with Crippen molar-refractivity contribution in [2.45, 2.75) is 59.1 Å². The van der Waals surface area contributed by atoms with E-state index in [9.17, 15) is 9.59 Å². The summed E-state index contributed by atoms with van der Waals surface area (Å²) in [5.74, 6) is -0.411. The summed E-state index contributed by atoms with van der Waals surface area (Å²) in [5.41, 5.74) is 7.01. The van der Waals surface area contributed by atoms with Crippen LogP contribution >= 0.6 is 0 Å². The lowest BCUT2D eigenvalue weighted by Gasteiger charge is -2.20. The van der Waals surface area contributed by atoms with E-state index in [1.807, 2.05) is 20.8 Å². The van der Waals surface area contributed by atoms with Gasteiger partial charge in [-0.05, 0) is 62.6 Å². The van der Waals surface area contributed by atoms with Crippen molar-refractivity contribution in [3.63, 3.8) is 0 Å². The first kappa shape index (κ1) is 37.8. The smallest absolute Gasteiger partial charge is 0.497 e. The van der Waals surface area contributed by atoms with Crippen LogP contribution in [0.1, 0.15) is 70.0 Å². The highest BCUT2D eigenvalue weighted by molar-refractivity contribution is 6.02. The molecule has 0 aliphatic heterocycles. The van der Waals surface area contributed by atoms with E-state index >= 15 is 4.39 Å². The number of nitrogens with one attached hydrogen (secondary N) is 1. The molecule has 0 radical (unpaired) electrons. The maximum absolute atomic E-state index is 16.2. The second-order valence-electron chi connectivity index (χ2n) is 10.7. The number of methoxy groups -OCH3 is 1. The van der Waals surface area contributed by atoms with Crippen LogP contribution in [0.2, 0.25) is 0 Å². The van der Waals surface area contributed by atoms with Gasteiger partial charge in [-0.25, -0.2) is 23.9 Å². The minimum absolute atomic E-state index is 0.00971. The summed E-state index contributed by atoms with van der Waals surface area (Å²) in [4.78, 5) is 41.0. The number of carbonyl (C=O) groups is 2. The number of halogens is 1. The summed E-state index contributed by atoms with van der Waals surface area (Å²) >= 11 is 0. The fourth-order valence-electron chi connectivity index (χ4n) is 4.57. The number of nitrogens with zero attached hydrogens (tertiary/aromatic N) is 6. The predicted molar refractivity (Wildman–Crippen MR) is 183 cm³/mol. The molecule has 0 fully saturated rings. The predicted octanol–water partition coefficient (Wildman–Crippen LogP) is 5.74. The van der Waals surface area contributed by atoms with Gasteiger partial charge < -0.3 is 39.5 Å². The largest absolute Gasteiger partial charge is 0.511 e. The van der Waals surface area contributed by atoms with Crippen LogP contribution in [-0.4, -0.2) is 76.0 Å². The SMILES string of the molecule is CCCOC(=O)N=C(N)c1ccc(N[C@@H](c2nc(OCOC(=O)OC(CC)CC)n(-c3ncccn3)n2)c2cc(OC)cc(OCC)c2F)cc1. The molecule has 16 nitrogen and oxygen atoms in total. The monoisotopic (exact) mass is 708 g/mol. The Balaban J connectivity index is 1.74. The fourth-order valence-corrected chi connectivity index (χ4v) is 4.57. The van der Waals surface area contributed by atoms with Crippen LogP contribution in [0.25, 0.3) is 5.95 Å². The Morgan fingerprint density at radius 2 is 1.75 bits per heavy atom. The number of hydrogen-bond donors (Lipinski definition) is 2. The van der Waals surface area contributed by atoms with Crippen LogP contribution in [0, 0.1) is 5.82 Å². The first-order valence-corrected chi connectivity index (χ1v) is 16.3. The van der Waals surface area contributed by atoms with Crippen molar-refractivity contribution in [2.75, 3.05) is 32.4 Å². The first-order valence-electron chi connectivity index (χ1n) is 16.3. The van der Waals surface area contributed by atoms with Crippen LogP contribution in [0.3, 0.4) is 0 Å². The lowest BCUT2D eigenvalue weighted by atomic mass is 10.0. The Labute approximate surface area is 294 Å². The molecule has 0 aliphatic carbocycles. The molecule has 272 valence electrons. The van der Waals surface area contributed by atoms with Crippen LogP contribution in [0.4, 0.5) is 19.7 Å². The van der Waals surface area contributed by atoms with Gasteiger partial charge in [-0.15, -0.1) is 9.78 Å². The minimum Gasteiger partial charge on any atom is -0.497 e. The zero-order valence-corrected chi connectivity index (χ0v) is 29.0. The van der Waals surface area contributed by atoms with Crippen molar-refractivity contribution in [1.29, 1.82) is 0 Å². The molecule has 4 rings (SSSR count). The Hall–Kier alpha value is -6.00. The lowest BCUT2D eigenvalue weighted by molar-refractivity contribution is -0.0196. The van der Waals surface area contributed by atoms with Gasteiger partial charge in [0.1, 0.15) is 23.7 Å². The maximum atomic E-state index is 16.2. The third kappa shape index (κ3) is 10.3. The molecule has 2 heterocycles. The van der Waals surface area contributed by atoms with E-state index in [0.717, 1.165) is 0 Å². The van der Waals surface area contributed by atoms with Gasteiger partial charge in [-0.1, -0.05) is 20.8 Å². The van der Waals surface area contributed by atoms with Crippen molar-refractivity contribution in [3.8, 4) is 23.5 Å². The molecule has 51 heavy (non-hydrogen) atoms. The summed E-state index contributed by atoms with van der Waals surface area (Å²) in [5, 5.41) is 7.83. The number of nitrogens with two attached hydrogens (primary N) is 1. The van der Waals surface area contributed by atoms with Gasteiger partial charge >= 0.3 is 18.3 Å². The van der Waals surface area contributed by atoms with Gasteiger partial charge in [-0.3, -0.25) is 0 Å². The molecule has 1 atom stereocenters. The molecular weight excluding hydrogens is 667 g/mol. The molecule has 2 aromatic carbocycles. The standard InChI is InChI=1S/C34H41FN8O8/c1-6-17-48-33(44)40-29(36)21-11-13-22(14-12-21)39-28(25-18-24(46-5)19-26(27(25)35)47-9-4)30-41-32(43(42-30)31-37-15-10-16-38-31)49-20-50-34(45)51-23(7-2)8-3/h10-16,18-19,23,28,39H,6-9,17,20H2,1-5H3,(H2,36,40,44)/t28-/m1/s1. The number of carbonyl (C=O) groups excluding carboxylic acids is 2. The first-order chi connectivity index (χ1) is 24.7. The zero-order chi connectivity index (χ0) is 36.8. The molecule has 4 aromatic rings. The molecule has 0 saturated heterocycles. The number of ether oxygens (including phenoxy) is 6. The van der Waals surface area contributed by atoms with E-state index in [1.54, 1.807) is 37.3 Å². The average molecular weight is 709 g/mol. The summed E-state index contributed by atoms with van der Waals surface area (Å²) < 4.78 is 49.5. The van der Waals surface area contributed by atoms with Gasteiger partial charge in [-0.2, -0.15) is 9.98 Å². The molecule has 0 aliphatic rings. The normalized spacial score (nSPS) is 11.9. The summed E-state index contributed by atoms with van der Waals surface area (Å²) in [6.07, 6.45) is 2.83. The number of aromatic nitrogens is 5. The Kier molecular flexibility index (Phi) is 13.8. The number of aliphatic imine (C=N–C) groups is 1. The second kappa shape index (κ2) is 18.7. The number of hydrogen-bond acceptors (Lipinski definition) is 13. The molecular formula is C34H41FN8O8.